The third kappa shape index (κ3) is 3.93. The lowest BCUT2D eigenvalue weighted by Crippen LogP contribution is -2.21. The van der Waals surface area contributed by atoms with Crippen LogP contribution in [-0.2, 0) is 0 Å². The van der Waals surface area contributed by atoms with E-state index in [0.29, 0.717) is 16.8 Å². The van der Waals surface area contributed by atoms with E-state index in [-0.39, 0.29) is 11.8 Å². The second-order valence-corrected chi connectivity index (χ2v) is 5.63. The molecule has 124 valence electrons. The molecule has 0 aliphatic heterocycles. The average molecular weight is 330 g/mol. The first-order valence-corrected chi connectivity index (χ1v) is 7.97. The van der Waals surface area contributed by atoms with Gasteiger partial charge >= 0.3 is 6.03 Å². The van der Waals surface area contributed by atoms with Crippen LogP contribution in [0.5, 0.6) is 0 Å². The van der Waals surface area contributed by atoms with E-state index in [9.17, 15) is 9.59 Å². The van der Waals surface area contributed by atoms with Gasteiger partial charge in [-0.2, -0.15) is 0 Å². The fourth-order valence-electron chi connectivity index (χ4n) is 2.52. The van der Waals surface area contributed by atoms with Crippen molar-refractivity contribution >= 4 is 23.2 Å². The van der Waals surface area contributed by atoms with Gasteiger partial charge in [0.2, 0.25) is 0 Å². The monoisotopic (exact) mass is 330 g/mol. The maximum atomic E-state index is 12.7. The largest absolute Gasteiger partial charge is 0.323 e. The number of rotatable bonds is 4. The Labute approximate surface area is 146 Å². The highest BCUT2D eigenvalue weighted by Gasteiger charge is 2.15. The molecule has 0 atom stereocenters. The highest BCUT2D eigenvalue weighted by molar-refractivity contribution is 6.14. The van der Waals surface area contributed by atoms with Gasteiger partial charge in [-0.1, -0.05) is 60.7 Å². The van der Waals surface area contributed by atoms with Crippen LogP contribution >= 0.6 is 0 Å². The summed E-state index contributed by atoms with van der Waals surface area (Å²) in [5, 5.41) is 5.57. The Balaban J connectivity index is 1.81. The number of carbonyl (C=O) groups is 2. The van der Waals surface area contributed by atoms with Crippen LogP contribution in [0.15, 0.2) is 78.9 Å². The normalized spacial score (nSPS) is 10.1. The van der Waals surface area contributed by atoms with Gasteiger partial charge in [-0.05, 0) is 30.7 Å². The van der Waals surface area contributed by atoms with Crippen LogP contribution in [-0.4, -0.2) is 11.8 Å². The summed E-state index contributed by atoms with van der Waals surface area (Å²) in [6.45, 7) is 1.92. The fourth-order valence-corrected chi connectivity index (χ4v) is 2.52. The van der Waals surface area contributed by atoms with Crippen molar-refractivity contribution < 1.29 is 9.59 Å². The van der Waals surface area contributed by atoms with Gasteiger partial charge in [0.15, 0.2) is 5.78 Å². The van der Waals surface area contributed by atoms with Crippen molar-refractivity contribution in [3.8, 4) is 0 Å². The van der Waals surface area contributed by atoms with E-state index in [1.165, 1.54) is 0 Å². The number of nitrogens with one attached hydrogen (secondary N) is 2. The number of para-hydroxylation sites is 2. The van der Waals surface area contributed by atoms with Crippen molar-refractivity contribution in [2.45, 2.75) is 6.92 Å². The number of ketones is 1. The van der Waals surface area contributed by atoms with Gasteiger partial charge in [-0.15, -0.1) is 0 Å². The lowest BCUT2D eigenvalue weighted by Gasteiger charge is -2.12. The summed E-state index contributed by atoms with van der Waals surface area (Å²) in [6.07, 6.45) is 0. The van der Waals surface area contributed by atoms with Crippen LogP contribution in [0, 0.1) is 6.92 Å². The maximum absolute atomic E-state index is 12.7. The first-order valence-electron chi connectivity index (χ1n) is 7.97. The predicted molar refractivity (Wildman–Crippen MR) is 100 cm³/mol. The minimum Gasteiger partial charge on any atom is -0.307 e. The summed E-state index contributed by atoms with van der Waals surface area (Å²) in [5.74, 6) is -0.132. The van der Waals surface area contributed by atoms with Gasteiger partial charge in [0.25, 0.3) is 0 Å². The molecule has 0 saturated carbocycles. The van der Waals surface area contributed by atoms with Crippen molar-refractivity contribution in [3.63, 3.8) is 0 Å². The van der Waals surface area contributed by atoms with Gasteiger partial charge < -0.3 is 10.6 Å². The standard InChI is InChI=1S/C21H18N2O2/c1-15-9-5-7-13-18(15)22-21(25)23-19-14-8-6-12-17(19)20(24)16-10-3-2-4-11-16/h2-14H,1H3,(H2,22,23,25). The first-order chi connectivity index (χ1) is 12.1. The highest BCUT2D eigenvalue weighted by Crippen LogP contribution is 2.20. The molecular formula is C21H18N2O2. The molecule has 0 heterocycles. The molecule has 0 bridgehead atoms. The van der Waals surface area contributed by atoms with Crippen LogP contribution in [0.2, 0.25) is 0 Å². The van der Waals surface area contributed by atoms with Crippen LogP contribution < -0.4 is 10.6 Å². The lowest BCUT2D eigenvalue weighted by molar-refractivity contribution is 0.103. The Bertz CT molecular complexity index is 905. The third-order valence-corrected chi connectivity index (χ3v) is 3.85. The molecule has 25 heavy (non-hydrogen) atoms. The van der Waals surface area contributed by atoms with E-state index in [1.54, 1.807) is 36.4 Å². The number of amides is 2. The molecule has 0 aliphatic carbocycles. The summed E-state index contributed by atoms with van der Waals surface area (Å²) in [6, 6.07) is 23.1. The van der Waals surface area contributed by atoms with Crippen LogP contribution in [0.1, 0.15) is 21.5 Å². The second kappa shape index (κ2) is 7.45. The Kier molecular flexibility index (Phi) is 4.90. The molecule has 0 aliphatic rings. The molecule has 3 aromatic carbocycles. The molecule has 2 N–H and O–H groups in total. The molecular weight excluding hydrogens is 312 g/mol. The molecule has 0 radical (unpaired) electrons. The lowest BCUT2D eigenvalue weighted by atomic mass is 10.0. The quantitative estimate of drug-likeness (QED) is 0.671. The van der Waals surface area contributed by atoms with Gasteiger partial charge in [0, 0.05) is 16.8 Å². The molecule has 0 saturated heterocycles. The topological polar surface area (TPSA) is 58.2 Å². The number of benzene rings is 3. The fraction of sp³-hybridized carbons (Fsp3) is 0.0476. The van der Waals surface area contributed by atoms with Gasteiger partial charge in [-0.25, -0.2) is 4.79 Å². The number of anilines is 2. The Hall–Kier alpha value is -3.40. The molecule has 3 aromatic rings. The van der Waals surface area contributed by atoms with E-state index < -0.39 is 0 Å². The van der Waals surface area contributed by atoms with E-state index in [0.717, 1.165) is 11.3 Å². The van der Waals surface area contributed by atoms with Crippen LogP contribution in [0.4, 0.5) is 16.2 Å². The molecule has 4 nitrogen and oxygen atoms in total. The maximum Gasteiger partial charge on any atom is 0.323 e. The molecule has 0 unspecified atom stereocenters. The molecule has 4 heteroatoms. The van der Waals surface area contributed by atoms with Crippen molar-refractivity contribution in [3.05, 3.63) is 95.6 Å². The predicted octanol–water partition coefficient (Wildman–Crippen LogP) is 4.87. The zero-order chi connectivity index (χ0) is 17.6. The van der Waals surface area contributed by atoms with Crippen molar-refractivity contribution in [1.29, 1.82) is 0 Å². The van der Waals surface area contributed by atoms with Gasteiger partial charge in [0.05, 0.1) is 5.69 Å². The number of hydrogen-bond acceptors (Lipinski definition) is 2. The number of carbonyl (C=O) groups excluding carboxylic acids is 2. The van der Waals surface area contributed by atoms with Crippen LogP contribution in [0.25, 0.3) is 0 Å². The molecule has 0 fully saturated rings. The number of aryl methyl sites for hydroxylation is 1. The molecule has 0 aromatic heterocycles. The zero-order valence-electron chi connectivity index (χ0n) is 13.8. The van der Waals surface area contributed by atoms with E-state index in [2.05, 4.69) is 10.6 Å². The molecule has 2 amide bonds. The minimum atomic E-state index is -0.386. The van der Waals surface area contributed by atoms with Crippen molar-refractivity contribution in [2.24, 2.45) is 0 Å². The van der Waals surface area contributed by atoms with Crippen molar-refractivity contribution in [2.75, 3.05) is 10.6 Å². The zero-order valence-corrected chi connectivity index (χ0v) is 13.8. The van der Waals surface area contributed by atoms with E-state index in [1.807, 2.05) is 49.4 Å². The van der Waals surface area contributed by atoms with Crippen molar-refractivity contribution in [1.82, 2.24) is 0 Å². The average Bonchev–Trinajstić information content (AvgIpc) is 2.64. The summed E-state index contributed by atoms with van der Waals surface area (Å²) in [5.41, 5.74) is 3.20. The number of hydrogen-bond donors (Lipinski definition) is 2. The summed E-state index contributed by atoms with van der Waals surface area (Å²) in [4.78, 5) is 25.0. The second-order valence-electron chi connectivity index (χ2n) is 5.63. The Morgan fingerprint density at radius 2 is 1.24 bits per heavy atom. The Morgan fingerprint density at radius 3 is 1.96 bits per heavy atom. The SMILES string of the molecule is Cc1ccccc1NC(=O)Nc1ccccc1C(=O)c1ccccc1. The molecule has 3 rings (SSSR count). The minimum absolute atomic E-state index is 0.132. The van der Waals surface area contributed by atoms with E-state index >= 15 is 0 Å². The highest BCUT2D eigenvalue weighted by atomic mass is 16.2. The van der Waals surface area contributed by atoms with Gasteiger partial charge in [0.1, 0.15) is 0 Å². The summed E-state index contributed by atoms with van der Waals surface area (Å²) in [7, 11) is 0. The third-order valence-electron chi connectivity index (χ3n) is 3.85. The smallest absolute Gasteiger partial charge is 0.307 e. The molecule has 0 spiro atoms. The van der Waals surface area contributed by atoms with E-state index in [4.69, 9.17) is 0 Å². The summed E-state index contributed by atoms with van der Waals surface area (Å²) >= 11 is 0. The Morgan fingerprint density at radius 1 is 0.680 bits per heavy atom. The van der Waals surface area contributed by atoms with Gasteiger partial charge in [-0.3, -0.25) is 4.79 Å². The summed E-state index contributed by atoms with van der Waals surface area (Å²) < 4.78 is 0. The van der Waals surface area contributed by atoms with Crippen LogP contribution in [0.3, 0.4) is 0 Å². The number of urea groups is 1. The first kappa shape index (κ1) is 16.5.